The number of carbonyl (C=O) groups excluding carboxylic acids is 2. The van der Waals surface area contributed by atoms with E-state index in [9.17, 15) is 14.0 Å². The third kappa shape index (κ3) is 4.35. The molecule has 1 aliphatic rings. The van der Waals surface area contributed by atoms with Crippen molar-refractivity contribution < 1.29 is 14.0 Å². The number of nitrogens with zero attached hydrogens (tertiary/aromatic N) is 1. The van der Waals surface area contributed by atoms with Crippen molar-refractivity contribution in [3.63, 3.8) is 0 Å². The van der Waals surface area contributed by atoms with E-state index in [4.69, 9.17) is 0 Å². The van der Waals surface area contributed by atoms with Gasteiger partial charge < -0.3 is 10.2 Å². The first-order valence-corrected chi connectivity index (χ1v) is 9.27. The minimum Gasteiger partial charge on any atom is -0.351 e. The average molecular weight is 368 g/mol. The lowest BCUT2D eigenvalue weighted by Crippen LogP contribution is -2.51. The van der Waals surface area contributed by atoms with E-state index in [0.717, 1.165) is 24.0 Å². The summed E-state index contributed by atoms with van der Waals surface area (Å²) in [4.78, 5) is 27.2. The smallest absolute Gasteiger partial charge is 0.253 e. The molecule has 1 saturated heterocycles. The zero-order chi connectivity index (χ0) is 19.4. The molecule has 3 rings (SSSR count). The topological polar surface area (TPSA) is 49.4 Å². The van der Waals surface area contributed by atoms with Gasteiger partial charge in [0.1, 0.15) is 5.82 Å². The van der Waals surface area contributed by atoms with Crippen LogP contribution in [0, 0.1) is 18.2 Å². The molecule has 0 saturated carbocycles. The Hall–Kier alpha value is -2.69. The number of likely N-dealkylation sites (tertiary alicyclic amines) is 1. The van der Waals surface area contributed by atoms with Gasteiger partial charge in [0.25, 0.3) is 5.91 Å². The molecule has 1 atom stereocenters. The van der Waals surface area contributed by atoms with Gasteiger partial charge in [-0.3, -0.25) is 9.59 Å². The highest BCUT2D eigenvalue weighted by Crippen LogP contribution is 2.30. The van der Waals surface area contributed by atoms with Crippen molar-refractivity contribution in [3.05, 3.63) is 71.0 Å². The molecule has 0 spiro atoms. The molecule has 1 N–H and O–H groups in total. The van der Waals surface area contributed by atoms with Crippen molar-refractivity contribution >= 4 is 11.8 Å². The van der Waals surface area contributed by atoms with Crippen LogP contribution >= 0.6 is 0 Å². The number of halogens is 1. The van der Waals surface area contributed by atoms with Crippen LogP contribution in [0.5, 0.6) is 0 Å². The number of hydrogen-bond donors (Lipinski definition) is 1. The SMILES string of the molecule is Cc1ccccc1CNC(=O)C1(C)CCCN(C(=O)c2cccc(F)c2)C1. The van der Waals surface area contributed by atoms with Gasteiger partial charge >= 0.3 is 0 Å². The maximum atomic E-state index is 13.4. The lowest BCUT2D eigenvalue weighted by molar-refractivity contribution is -0.132. The van der Waals surface area contributed by atoms with Crippen molar-refractivity contribution in [1.29, 1.82) is 0 Å². The van der Waals surface area contributed by atoms with Crippen LogP contribution in [0.1, 0.15) is 41.3 Å². The third-order valence-electron chi connectivity index (χ3n) is 5.30. The zero-order valence-electron chi connectivity index (χ0n) is 15.8. The van der Waals surface area contributed by atoms with Crippen LogP contribution in [0.2, 0.25) is 0 Å². The summed E-state index contributed by atoms with van der Waals surface area (Å²) < 4.78 is 13.4. The van der Waals surface area contributed by atoms with Gasteiger partial charge in [-0.15, -0.1) is 0 Å². The molecule has 0 bridgehead atoms. The maximum absolute atomic E-state index is 13.4. The summed E-state index contributed by atoms with van der Waals surface area (Å²) in [5.41, 5.74) is 1.89. The molecular formula is C22H25FN2O2. The third-order valence-corrected chi connectivity index (χ3v) is 5.30. The van der Waals surface area contributed by atoms with Gasteiger partial charge in [0.05, 0.1) is 5.41 Å². The molecule has 2 amide bonds. The minimum absolute atomic E-state index is 0.0532. The second kappa shape index (κ2) is 7.91. The van der Waals surface area contributed by atoms with Crippen molar-refractivity contribution in [3.8, 4) is 0 Å². The maximum Gasteiger partial charge on any atom is 0.253 e. The Morgan fingerprint density at radius 2 is 1.96 bits per heavy atom. The van der Waals surface area contributed by atoms with Crippen LogP contribution in [0.15, 0.2) is 48.5 Å². The van der Waals surface area contributed by atoms with Crippen LogP contribution in [0.3, 0.4) is 0 Å². The van der Waals surface area contributed by atoms with Gasteiger partial charge in [-0.25, -0.2) is 4.39 Å². The molecule has 1 aliphatic heterocycles. The molecule has 2 aromatic rings. The van der Waals surface area contributed by atoms with E-state index >= 15 is 0 Å². The summed E-state index contributed by atoms with van der Waals surface area (Å²) in [5, 5.41) is 3.02. The van der Waals surface area contributed by atoms with Crippen molar-refractivity contribution in [2.75, 3.05) is 13.1 Å². The average Bonchev–Trinajstić information content (AvgIpc) is 2.66. The fourth-order valence-corrected chi connectivity index (χ4v) is 3.60. The highest BCUT2D eigenvalue weighted by Gasteiger charge is 2.39. The number of piperidine rings is 1. The van der Waals surface area contributed by atoms with Crippen molar-refractivity contribution in [2.45, 2.75) is 33.2 Å². The van der Waals surface area contributed by atoms with Crippen molar-refractivity contribution in [2.24, 2.45) is 5.41 Å². The number of nitrogens with one attached hydrogen (secondary N) is 1. The first-order valence-electron chi connectivity index (χ1n) is 9.27. The Morgan fingerprint density at radius 3 is 2.70 bits per heavy atom. The Balaban J connectivity index is 1.67. The quantitative estimate of drug-likeness (QED) is 0.895. The molecule has 2 aromatic carbocycles. The highest BCUT2D eigenvalue weighted by atomic mass is 19.1. The molecule has 142 valence electrons. The molecule has 1 unspecified atom stereocenters. The van der Waals surface area contributed by atoms with E-state index in [0.29, 0.717) is 25.2 Å². The van der Waals surface area contributed by atoms with Gasteiger partial charge in [0.2, 0.25) is 5.91 Å². The number of benzene rings is 2. The molecule has 0 aliphatic carbocycles. The standard InChI is InChI=1S/C22H25FN2O2/c1-16-7-3-4-8-18(16)14-24-21(27)22(2)11-6-12-25(15-22)20(26)17-9-5-10-19(23)13-17/h3-5,7-10,13H,6,11-12,14-15H2,1-2H3,(H,24,27). The van der Waals surface area contributed by atoms with E-state index in [-0.39, 0.29) is 11.8 Å². The predicted octanol–water partition coefficient (Wildman–Crippen LogP) is 3.69. The molecule has 1 heterocycles. The molecule has 1 fully saturated rings. The van der Waals surface area contributed by atoms with Gasteiger partial charge in [-0.05, 0) is 56.0 Å². The molecule has 5 heteroatoms. The number of hydrogen-bond acceptors (Lipinski definition) is 2. The summed E-state index contributed by atoms with van der Waals surface area (Å²) in [6.45, 7) is 5.30. The predicted molar refractivity (Wildman–Crippen MR) is 103 cm³/mol. The second-order valence-electron chi connectivity index (χ2n) is 7.51. The largest absolute Gasteiger partial charge is 0.351 e. The van der Waals surface area contributed by atoms with Crippen LogP contribution in [0.4, 0.5) is 4.39 Å². The van der Waals surface area contributed by atoms with Gasteiger partial charge in [-0.2, -0.15) is 0 Å². The Kier molecular flexibility index (Phi) is 5.59. The molecular weight excluding hydrogens is 343 g/mol. The number of rotatable bonds is 4. The molecule has 27 heavy (non-hydrogen) atoms. The van der Waals surface area contributed by atoms with E-state index in [1.54, 1.807) is 11.0 Å². The molecule has 4 nitrogen and oxygen atoms in total. The van der Waals surface area contributed by atoms with Gasteiger partial charge in [-0.1, -0.05) is 30.3 Å². The summed E-state index contributed by atoms with van der Waals surface area (Å²) in [6.07, 6.45) is 1.47. The van der Waals surface area contributed by atoms with Gasteiger partial charge in [0, 0.05) is 25.2 Å². The van der Waals surface area contributed by atoms with E-state index in [2.05, 4.69) is 5.32 Å². The molecule has 0 radical (unpaired) electrons. The Bertz CT molecular complexity index is 852. The summed E-state index contributed by atoms with van der Waals surface area (Å²) >= 11 is 0. The monoisotopic (exact) mass is 368 g/mol. The van der Waals surface area contributed by atoms with E-state index < -0.39 is 11.2 Å². The van der Waals surface area contributed by atoms with Gasteiger partial charge in [0.15, 0.2) is 0 Å². The fourth-order valence-electron chi connectivity index (χ4n) is 3.60. The highest BCUT2D eigenvalue weighted by molar-refractivity contribution is 5.95. The van der Waals surface area contributed by atoms with Crippen molar-refractivity contribution in [1.82, 2.24) is 10.2 Å². The minimum atomic E-state index is -0.649. The number of carbonyl (C=O) groups is 2. The first-order chi connectivity index (χ1) is 12.9. The Labute approximate surface area is 159 Å². The summed E-state index contributed by atoms with van der Waals surface area (Å²) in [5.74, 6) is -0.716. The fraction of sp³-hybridized carbons (Fsp3) is 0.364. The van der Waals surface area contributed by atoms with Crippen LogP contribution in [-0.2, 0) is 11.3 Å². The number of amides is 2. The Morgan fingerprint density at radius 1 is 1.19 bits per heavy atom. The van der Waals surface area contributed by atoms with E-state index in [1.165, 1.54) is 18.2 Å². The van der Waals surface area contributed by atoms with E-state index in [1.807, 2.05) is 38.1 Å². The first kappa shape index (κ1) is 19.1. The normalized spacial score (nSPS) is 19.6. The lowest BCUT2D eigenvalue weighted by atomic mass is 9.80. The van der Waals surface area contributed by atoms with Crippen LogP contribution in [-0.4, -0.2) is 29.8 Å². The zero-order valence-corrected chi connectivity index (χ0v) is 15.8. The van der Waals surface area contributed by atoms with Crippen LogP contribution in [0.25, 0.3) is 0 Å². The molecule has 0 aromatic heterocycles. The summed E-state index contributed by atoms with van der Waals surface area (Å²) in [7, 11) is 0. The number of aryl methyl sites for hydroxylation is 1. The second-order valence-corrected chi connectivity index (χ2v) is 7.51. The van der Waals surface area contributed by atoms with Crippen LogP contribution < -0.4 is 5.32 Å². The summed E-state index contributed by atoms with van der Waals surface area (Å²) in [6, 6.07) is 13.6. The lowest BCUT2D eigenvalue weighted by Gasteiger charge is -2.39.